The predicted octanol–water partition coefficient (Wildman–Crippen LogP) is 3.09. The van der Waals surface area contributed by atoms with E-state index in [1.165, 1.54) is 24.3 Å². The van der Waals surface area contributed by atoms with Gasteiger partial charge in [0.1, 0.15) is 11.6 Å². The van der Waals surface area contributed by atoms with Gasteiger partial charge in [0.05, 0.1) is 12.8 Å². The molecule has 0 bridgehead atoms. The van der Waals surface area contributed by atoms with E-state index in [2.05, 4.69) is 16.3 Å². The molecule has 3 rings (SSSR count). The standard InChI is InChI=1S/C19H21FN2O2/c1-24-18-5-3-2-4-17(18)22-11-10-14(13-22)12-21-19(23)15-6-8-16(20)9-7-15/h2-9,14H,10-13H2,1H3,(H,21,23)/t14-/m1/s1. The molecule has 0 spiro atoms. The Morgan fingerprint density at radius 2 is 2.00 bits per heavy atom. The average Bonchev–Trinajstić information content (AvgIpc) is 3.09. The van der Waals surface area contributed by atoms with Crippen molar-refractivity contribution >= 4 is 11.6 Å². The van der Waals surface area contributed by atoms with Gasteiger partial charge in [-0.15, -0.1) is 0 Å². The summed E-state index contributed by atoms with van der Waals surface area (Å²) in [5.74, 6) is 0.758. The Kier molecular flexibility index (Phi) is 4.99. The zero-order chi connectivity index (χ0) is 16.9. The van der Waals surface area contributed by atoms with Gasteiger partial charge in [-0.1, -0.05) is 12.1 Å². The third kappa shape index (κ3) is 3.67. The maximum atomic E-state index is 12.9. The number of hydrogen-bond acceptors (Lipinski definition) is 3. The summed E-state index contributed by atoms with van der Waals surface area (Å²) in [5.41, 5.74) is 1.57. The first-order valence-corrected chi connectivity index (χ1v) is 8.09. The van der Waals surface area contributed by atoms with Crippen LogP contribution < -0.4 is 15.0 Å². The van der Waals surface area contributed by atoms with Gasteiger partial charge >= 0.3 is 0 Å². The van der Waals surface area contributed by atoms with Gasteiger partial charge in [0, 0.05) is 25.2 Å². The molecule has 1 aliphatic rings. The van der Waals surface area contributed by atoms with E-state index in [0.717, 1.165) is 30.9 Å². The number of methoxy groups -OCH3 is 1. The SMILES string of the molecule is COc1ccccc1N1CC[C@H](CNC(=O)c2ccc(F)cc2)C1. The maximum Gasteiger partial charge on any atom is 0.251 e. The Balaban J connectivity index is 1.55. The van der Waals surface area contributed by atoms with Gasteiger partial charge in [-0.25, -0.2) is 4.39 Å². The molecule has 1 atom stereocenters. The quantitative estimate of drug-likeness (QED) is 0.917. The molecular weight excluding hydrogens is 307 g/mol. The van der Waals surface area contributed by atoms with Crippen LogP contribution in [0.2, 0.25) is 0 Å². The summed E-state index contributed by atoms with van der Waals surface area (Å²) in [4.78, 5) is 14.4. The van der Waals surface area contributed by atoms with E-state index in [1.807, 2.05) is 18.2 Å². The Morgan fingerprint density at radius 1 is 1.25 bits per heavy atom. The minimum Gasteiger partial charge on any atom is -0.495 e. The molecule has 0 radical (unpaired) electrons. The number of nitrogens with zero attached hydrogens (tertiary/aromatic N) is 1. The van der Waals surface area contributed by atoms with E-state index in [4.69, 9.17) is 4.74 Å². The summed E-state index contributed by atoms with van der Waals surface area (Å²) in [6.45, 7) is 2.43. The highest BCUT2D eigenvalue weighted by Gasteiger charge is 2.24. The highest BCUT2D eigenvalue weighted by molar-refractivity contribution is 5.94. The lowest BCUT2D eigenvalue weighted by Crippen LogP contribution is -2.31. The van der Waals surface area contributed by atoms with E-state index < -0.39 is 0 Å². The number of anilines is 1. The first-order chi connectivity index (χ1) is 11.7. The van der Waals surface area contributed by atoms with Crippen LogP contribution in [0.4, 0.5) is 10.1 Å². The van der Waals surface area contributed by atoms with E-state index in [9.17, 15) is 9.18 Å². The minimum absolute atomic E-state index is 0.161. The van der Waals surface area contributed by atoms with Crippen molar-refractivity contribution in [1.29, 1.82) is 0 Å². The number of para-hydroxylation sites is 2. The van der Waals surface area contributed by atoms with Gasteiger partial charge in [-0.05, 0) is 48.7 Å². The van der Waals surface area contributed by atoms with Crippen LogP contribution in [0.15, 0.2) is 48.5 Å². The normalized spacial score (nSPS) is 16.9. The predicted molar refractivity (Wildman–Crippen MR) is 92.0 cm³/mol. The average molecular weight is 328 g/mol. The van der Waals surface area contributed by atoms with Crippen LogP contribution >= 0.6 is 0 Å². The highest BCUT2D eigenvalue weighted by Crippen LogP contribution is 2.31. The van der Waals surface area contributed by atoms with Crippen LogP contribution in [0.3, 0.4) is 0 Å². The third-order valence-electron chi connectivity index (χ3n) is 4.37. The largest absolute Gasteiger partial charge is 0.495 e. The minimum atomic E-state index is -0.338. The molecule has 126 valence electrons. The fourth-order valence-corrected chi connectivity index (χ4v) is 3.05. The van der Waals surface area contributed by atoms with Crippen molar-refractivity contribution in [3.8, 4) is 5.75 Å². The summed E-state index contributed by atoms with van der Waals surface area (Å²) in [6.07, 6.45) is 1.02. The van der Waals surface area contributed by atoms with Gasteiger partial charge in [-0.2, -0.15) is 0 Å². The molecule has 1 N–H and O–H groups in total. The van der Waals surface area contributed by atoms with E-state index in [1.54, 1.807) is 7.11 Å². The molecule has 0 aromatic heterocycles. The van der Waals surface area contributed by atoms with E-state index in [-0.39, 0.29) is 11.7 Å². The molecule has 1 aliphatic heterocycles. The Bertz CT molecular complexity index is 703. The first-order valence-electron chi connectivity index (χ1n) is 8.09. The third-order valence-corrected chi connectivity index (χ3v) is 4.37. The zero-order valence-corrected chi connectivity index (χ0v) is 13.7. The Morgan fingerprint density at radius 3 is 2.75 bits per heavy atom. The second kappa shape index (κ2) is 7.34. The number of hydrogen-bond donors (Lipinski definition) is 1. The molecule has 2 aromatic rings. The molecule has 0 saturated carbocycles. The number of nitrogens with one attached hydrogen (secondary N) is 1. The van der Waals surface area contributed by atoms with E-state index >= 15 is 0 Å². The van der Waals surface area contributed by atoms with Crippen LogP contribution in [0.1, 0.15) is 16.8 Å². The second-order valence-corrected chi connectivity index (χ2v) is 5.99. The van der Waals surface area contributed by atoms with Crippen molar-refractivity contribution in [3.05, 3.63) is 59.9 Å². The number of benzene rings is 2. The molecule has 24 heavy (non-hydrogen) atoms. The highest BCUT2D eigenvalue weighted by atomic mass is 19.1. The fourth-order valence-electron chi connectivity index (χ4n) is 3.05. The lowest BCUT2D eigenvalue weighted by molar-refractivity contribution is 0.0948. The van der Waals surface area contributed by atoms with Crippen molar-refractivity contribution in [2.45, 2.75) is 6.42 Å². The van der Waals surface area contributed by atoms with Crippen molar-refractivity contribution in [2.24, 2.45) is 5.92 Å². The fraction of sp³-hybridized carbons (Fsp3) is 0.316. The van der Waals surface area contributed by atoms with Crippen LogP contribution in [0.5, 0.6) is 5.75 Å². The molecule has 5 heteroatoms. The second-order valence-electron chi connectivity index (χ2n) is 5.99. The molecule has 2 aromatic carbocycles. The van der Waals surface area contributed by atoms with E-state index in [0.29, 0.717) is 18.0 Å². The molecule has 0 unspecified atom stereocenters. The maximum absolute atomic E-state index is 12.9. The topological polar surface area (TPSA) is 41.6 Å². The van der Waals surface area contributed by atoms with Crippen LogP contribution in [0.25, 0.3) is 0 Å². The first kappa shape index (κ1) is 16.3. The van der Waals surface area contributed by atoms with Crippen molar-refractivity contribution in [2.75, 3.05) is 31.6 Å². The molecule has 0 aliphatic carbocycles. The summed E-state index contributed by atoms with van der Waals surface area (Å²) >= 11 is 0. The summed E-state index contributed by atoms with van der Waals surface area (Å²) in [5, 5.41) is 2.94. The van der Waals surface area contributed by atoms with Gasteiger partial charge in [0.2, 0.25) is 0 Å². The number of halogens is 1. The molecule has 1 heterocycles. The zero-order valence-electron chi connectivity index (χ0n) is 13.7. The monoisotopic (exact) mass is 328 g/mol. The smallest absolute Gasteiger partial charge is 0.251 e. The van der Waals surface area contributed by atoms with Crippen molar-refractivity contribution in [3.63, 3.8) is 0 Å². The van der Waals surface area contributed by atoms with Crippen LogP contribution in [-0.2, 0) is 0 Å². The van der Waals surface area contributed by atoms with Gasteiger partial charge in [0.15, 0.2) is 0 Å². The number of ether oxygens (including phenoxy) is 1. The van der Waals surface area contributed by atoms with Gasteiger partial charge in [0.25, 0.3) is 5.91 Å². The molecule has 1 fully saturated rings. The van der Waals surface area contributed by atoms with Crippen molar-refractivity contribution in [1.82, 2.24) is 5.32 Å². The molecule has 1 saturated heterocycles. The molecule has 4 nitrogen and oxygen atoms in total. The molecular formula is C19H21FN2O2. The lowest BCUT2D eigenvalue weighted by Gasteiger charge is -2.21. The number of amides is 1. The molecule has 1 amide bonds. The van der Waals surface area contributed by atoms with Gasteiger partial charge < -0.3 is 15.0 Å². The summed E-state index contributed by atoms with van der Waals surface area (Å²) < 4.78 is 18.3. The lowest BCUT2D eigenvalue weighted by atomic mass is 10.1. The Labute approximate surface area is 141 Å². The van der Waals surface area contributed by atoms with Crippen LogP contribution in [0, 0.1) is 11.7 Å². The van der Waals surface area contributed by atoms with Crippen molar-refractivity contribution < 1.29 is 13.9 Å². The van der Waals surface area contributed by atoms with Crippen LogP contribution in [-0.4, -0.2) is 32.7 Å². The summed E-state index contributed by atoms with van der Waals surface area (Å²) in [7, 11) is 1.68. The number of carbonyl (C=O) groups excluding carboxylic acids is 1. The van der Waals surface area contributed by atoms with Gasteiger partial charge in [-0.3, -0.25) is 4.79 Å². The number of rotatable bonds is 5. The number of carbonyl (C=O) groups is 1. The summed E-state index contributed by atoms with van der Waals surface area (Å²) in [6, 6.07) is 13.6. The Hall–Kier alpha value is -2.56.